The predicted octanol–water partition coefficient (Wildman–Crippen LogP) is 1.67. The van der Waals surface area contributed by atoms with Gasteiger partial charge in [0, 0.05) is 10.7 Å². The molecule has 1 rings (SSSR count). The van der Waals surface area contributed by atoms with Crippen molar-refractivity contribution in [3.63, 3.8) is 0 Å². The summed E-state index contributed by atoms with van der Waals surface area (Å²) >= 11 is 0. The third-order valence-corrected chi connectivity index (χ3v) is 2.03. The molecule has 0 saturated carbocycles. The van der Waals surface area contributed by atoms with Crippen LogP contribution in [0, 0.1) is 0 Å². The zero-order valence-electron chi connectivity index (χ0n) is 4.28. The molecule has 1 aromatic heterocycles. The number of nitrogens with one attached hydrogen (secondary N) is 1. The van der Waals surface area contributed by atoms with Gasteiger partial charge < -0.3 is 4.98 Å². The smallest absolute Gasteiger partial charge is 0.161 e. The van der Waals surface area contributed by atoms with Gasteiger partial charge in [0.25, 0.3) is 0 Å². The highest BCUT2D eigenvalue weighted by Crippen LogP contribution is 2.51. The summed E-state index contributed by atoms with van der Waals surface area (Å²) in [5.74, 6) is 0. The van der Waals surface area contributed by atoms with Gasteiger partial charge in [-0.2, -0.15) is 0 Å². The van der Waals surface area contributed by atoms with Crippen molar-refractivity contribution in [3.05, 3.63) is 12.5 Å². The molecule has 0 aromatic carbocycles. The molecule has 0 amide bonds. The third kappa shape index (κ3) is 1.59. The van der Waals surface area contributed by atoms with E-state index in [1.54, 1.807) is 0 Å². The summed E-state index contributed by atoms with van der Waals surface area (Å²) in [7, 11) is 2.02. The van der Waals surface area contributed by atoms with Crippen LogP contribution < -0.4 is 0 Å². The van der Waals surface area contributed by atoms with Crippen molar-refractivity contribution in [2.45, 2.75) is 5.03 Å². The predicted molar refractivity (Wildman–Crippen MR) is 35.6 cm³/mol. The standard InChI is InChI=1S/C3H5ClN2O2S/c4-9(7,8)3-1-5-2-6-3/h1-2,7-8H,(H,5,6). The lowest BCUT2D eigenvalue weighted by atomic mass is 11.0. The number of hydrogen-bond donors (Lipinski definition) is 3. The van der Waals surface area contributed by atoms with Gasteiger partial charge in [0.1, 0.15) is 0 Å². The Kier molecular flexibility index (Phi) is 1.67. The fraction of sp³-hybridized carbons (Fsp3) is 0. The van der Waals surface area contributed by atoms with Crippen molar-refractivity contribution in [2.75, 3.05) is 0 Å². The Morgan fingerprint density at radius 1 is 1.67 bits per heavy atom. The number of imidazole rings is 1. The fourth-order valence-electron chi connectivity index (χ4n) is 0.385. The highest BCUT2D eigenvalue weighted by molar-refractivity contribution is 8.43. The van der Waals surface area contributed by atoms with Gasteiger partial charge in [-0.25, -0.2) is 4.98 Å². The van der Waals surface area contributed by atoms with Crippen LogP contribution >= 0.6 is 20.5 Å². The molecule has 0 unspecified atom stereocenters. The number of rotatable bonds is 1. The first-order chi connectivity index (χ1) is 4.11. The Labute approximate surface area is 57.7 Å². The Morgan fingerprint density at radius 3 is 2.56 bits per heavy atom. The SMILES string of the molecule is OS(O)(Cl)c1cnc[nH]1. The maximum absolute atomic E-state index is 8.71. The normalized spacial score (nSPS) is 13.7. The number of nitrogens with zero attached hydrogens (tertiary/aromatic N) is 1. The Balaban J connectivity index is 2.90. The molecule has 52 valence electrons. The summed E-state index contributed by atoms with van der Waals surface area (Å²) in [6, 6.07) is 0. The van der Waals surface area contributed by atoms with Gasteiger partial charge in [-0.05, 0) is 0 Å². The minimum atomic E-state index is -3.11. The van der Waals surface area contributed by atoms with Gasteiger partial charge >= 0.3 is 0 Å². The number of hydrogen-bond acceptors (Lipinski definition) is 3. The van der Waals surface area contributed by atoms with E-state index in [-0.39, 0.29) is 5.03 Å². The molecule has 0 spiro atoms. The van der Waals surface area contributed by atoms with E-state index in [1.165, 1.54) is 12.5 Å². The van der Waals surface area contributed by atoms with Crippen molar-refractivity contribution in [2.24, 2.45) is 0 Å². The van der Waals surface area contributed by atoms with Crippen LogP contribution in [0.4, 0.5) is 0 Å². The summed E-state index contributed by atoms with van der Waals surface area (Å²) in [5, 5.41) is 0.143. The average Bonchev–Trinajstić information content (AvgIpc) is 2.08. The van der Waals surface area contributed by atoms with E-state index in [9.17, 15) is 0 Å². The molecule has 0 atom stereocenters. The van der Waals surface area contributed by atoms with Gasteiger partial charge in [-0.3, -0.25) is 9.11 Å². The van der Waals surface area contributed by atoms with E-state index in [4.69, 9.17) is 19.8 Å². The summed E-state index contributed by atoms with van der Waals surface area (Å²) in [6.07, 6.45) is 2.59. The summed E-state index contributed by atoms with van der Waals surface area (Å²) < 4.78 is 17.4. The van der Waals surface area contributed by atoms with E-state index in [1.807, 2.05) is 0 Å². The second kappa shape index (κ2) is 2.18. The van der Waals surface area contributed by atoms with Gasteiger partial charge in [0.2, 0.25) is 0 Å². The van der Waals surface area contributed by atoms with E-state index in [2.05, 4.69) is 9.97 Å². The van der Waals surface area contributed by atoms with Crippen LogP contribution in [0.1, 0.15) is 0 Å². The van der Waals surface area contributed by atoms with Crippen LogP contribution in [0.25, 0.3) is 0 Å². The first-order valence-electron chi connectivity index (χ1n) is 2.07. The van der Waals surface area contributed by atoms with Gasteiger partial charge in [0.05, 0.1) is 12.5 Å². The maximum Gasteiger partial charge on any atom is 0.161 e. The van der Waals surface area contributed by atoms with Crippen LogP contribution in [0.5, 0.6) is 0 Å². The third-order valence-electron chi connectivity index (χ3n) is 0.753. The van der Waals surface area contributed by atoms with Crippen molar-refractivity contribution in [1.82, 2.24) is 9.97 Å². The maximum atomic E-state index is 8.71. The van der Waals surface area contributed by atoms with Gasteiger partial charge in [-0.15, -0.1) is 0 Å². The van der Waals surface area contributed by atoms with E-state index >= 15 is 0 Å². The minimum absolute atomic E-state index is 0.143. The monoisotopic (exact) mass is 168 g/mol. The minimum Gasteiger partial charge on any atom is -0.331 e. The fourth-order valence-corrected chi connectivity index (χ4v) is 1.04. The molecule has 3 N–H and O–H groups in total. The molecule has 4 nitrogen and oxygen atoms in total. The number of H-pyrrole nitrogens is 1. The molecule has 0 aliphatic carbocycles. The number of aromatic nitrogens is 2. The van der Waals surface area contributed by atoms with Crippen LogP contribution in [0.15, 0.2) is 17.6 Å². The van der Waals surface area contributed by atoms with Crippen molar-refractivity contribution in [3.8, 4) is 0 Å². The lowest BCUT2D eigenvalue weighted by molar-refractivity contribution is 0.504. The lowest BCUT2D eigenvalue weighted by Gasteiger charge is -2.19. The van der Waals surface area contributed by atoms with Gasteiger partial charge in [-0.1, -0.05) is 9.80 Å². The molecule has 0 fully saturated rings. The summed E-state index contributed by atoms with van der Waals surface area (Å²) in [4.78, 5) is 6.02. The molecule has 1 aromatic rings. The van der Waals surface area contributed by atoms with Crippen LogP contribution in [0.2, 0.25) is 0 Å². The Bertz CT molecular complexity index is 182. The molecule has 1 heterocycles. The first-order valence-corrected chi connectivity index (χ1v) is 4.44. The quantitative estimate of drug-likeness (QED) is 0.598. The van der Waals surface area contributed by atoms with Crippen molar-refractivity contribution >= 4 is 20.5 Å². The largest absolute Gasteiger partial charge is 0.331 e. The molecule has 6 heteroatoms. The summed E-state index contributed by atoms with van der Waals surface area (Å²) in [6.45, 7) is 0. The average molecular weight is 169 g/mol. The second-order valence-electron chi connectivity index (χ2n) is 1.40. The van der Waals surface area contributed by atoms with E-state index in [0.717, 1.165) is 0 Å². The van der Waals surface area contributed by atoms with E-state index < -0.39 is 9.80 Å². The molecule has 0 radical (unpaired) electrons. The molecule has 0 bridgehead atoms. The lowest BCUT2D eigenvalue weighted by Crippen LogP contribution is -1.87. The molecular weight excluding hydrogens is 164 g/mol. The van der Waals surface area contributed by atoms with Crippen molar-refractivity contribution < 1.29 is 9.11 Å². The highest BCUT2D eigenvalue weighted by atomic mass is 35.7. The molecular formula is C3H5ClN2O2S. The Morgan fingerprint density at radius 2 is 2.33 bits per heavy atom. The first kappa shape index (κ1) is 6.88. The van der Waals surface area contributed by atoms with Crippen molar-refractivity contribution in [1.29, 1.82) is 0 Å². The highest BCUT2D eigenvalue weighted by Gasteiger charge is 2.11. The molecule has 0 aliphatic rings. The number of aromatic amines is 1. The molecule has 0 aliphatic heterocycles. The molecule has 0 saturated heterocycles. The van der Waals surface area contributed by atoms with Crippen LogP contribution in [-0.2, 0) is 0 Å². The Hall–Kier alpha value is -0.230. The molecule has 9 heavy (non-hydrogen) atoms. The summed E-state index contributed by atoms with van der Waals surface area (Å²) in [5.41, 5.74) is 0. The number of halogens is 1. The second-order valence-corrected chi connectivity index (χ2v) is 4.08. The topological polar surface area (TPSA) is 69.1 Å². The van der Waals surface area contributed by atoms with E-state index in [0.29, 0.717) is 0 Å². The van der Waals surface area contributed by atoms with Crippen LogP contribution in [-0.4, -0.2) is 19.1 Å². The zero-order chi connectivity index (χ0) is 6.91. The zero-order valence-corrected chi connectivity index (χ0v) is 5.85. The van der Waals surface area contributed by atoms with Crippen LogP contribution in [0.3, 0.4) is 0 Å². The van der Waals surface area contributed by atoms with Gasteiger partial charge in [0.15, 0.2) is 5.03 Å².